The maximum atomic E-state index is 5.43. The second-order valence-electron chi connectivity index (χ2n) is 6.68. The molecule has 2 atom stereocenters. The van der Waals surface area contributed by atoms with Gasteiger partial charge >= 0.3 is 0 Å². The summed E-state index contributed by atoms with van der Waals surface area (Å²) in [5, 5.41) is 1.18. The molecule has 2 aliphatic heterocycles. The van der Waals surface area contributed by atoms with Gasteiger partial charge in [0.1, 0.15) is 0 Å². The predicted molar refractivity (Wildman–Crippen MR) is 93.0 cm³/mol. The number of hydrogen-bond acceptors (Lipinski definition) is 5. The van der Waals surface area contributed by atoms with Crippen LogP contribution in [-0.2, 0) is 4.74 Å². The fourth-order valence-corrected chi connectivity index (χ4v) is 4.68. The van der Waals surface area contributed by atoms with Crippen molar-refractivity contribution in [3.63, 3.8) is 0 Å². The van der Waals surface area contributed by atoms with E-state index in [0.717, 1.165) is 32.2 Å². The van der Waals surface area contributed by atoms with Crippen molar-refractivity contribution in [1.29, 1.82) is 0 Å². The lowest BCUT2D eigenvalue weighted by atomic mass is 9.88. The summed E-state index contributed by atoms with van der Waals surface area (Å²) in [5.74, 6) is 1.49. The van der Waals surface area contributed by atoms with Crippen LogP contribution in [0.15, 0.2) is 6.20 Å². The second-order valence-corrected chi connectivity index (χ2v) is 7.72. The lowest BCUT2D eigenvalue weighted by Gasteiger charge is -2.33. The van der Waals surface area contributed by atoms with Gasteiger partial charge in [0.15, 0.2) is 5.13 Å². The maximum Gasteiger partial charge on any atom is 0.185 e. The molecule has 0 bridgehead atoms. The summed E-state index contributed by atoms with van der Waals surface area (Å²) in [4.78, 5) is 11.1. The molecule has 2 saturated heterocycles. The van der Waals surface area contributed by atoms with Crippen molar-refractivity contribution in [1.82, 2.24) is 9.88 Å². The van der Waals surface area contributed by atoms with E-state index in [9.17, 15) is 0 Å². The normalized spacial score (nSPS) is 25.4. The standard InChI is InChI=1S/C17H29N3OS/c1-3-19-6-4-5-15(13-19)11-14(2)16-12-18-17(22-16)20-7-9-21-10-8-20/h12,14-15H,3-11,13H2,1-2H3. The Hall–Kier alpha value is -0.650. The molecule has 22 heavy (non-hydrogen) atoms. The van der Waals surface area contributed by atoms with Gasteiger partial charge in [0.05, 0.1) is 13.2 Å². The first-order chi connectivity index (χ1) is 10.8. The minimum absolute atomic E-state index is 0.633. The highest BCUT2D eigenvalue weighted by molar-refractivity contribution is 7.15. The Balaban J connectivity index is 1.55. The average Bonchev–Trinajstić information content (AvgIpc) is 3.06. The average molecular weight is 324 g/mol. The molecule has 0 saturated carbocycles. The van der Waals surface area contributed by atoms with E-state index in [1.54, 1.807) is 0 Å². The zero-order valence-corrected chi connectivity index (χ0v) is 14.8. The summed E-state index contributed by atoms with van der Waals surface area (Å²) in [5.41, 5.74) is 0. The first kappa shape index (κ1) is 16.2. The molecule has 124 valence electrons. The monoisotopic (exact) mass is 323 g/mol. The molecule has 0 amide bonds. The summed E-state index contributed by atoms with van der Waals surface area (Å²) in [6.07, 6.45) is 6.19. The van der Waals surface area contributed by atoms with E-state index in [-0.39, 0.29) is 0 Å². The van der Waals surface area contributed by atoms with Gasteiger partial charge in [-0.25, -0.2) is 4.98 Å². The lowest BCUT2D eigenvalue weighted by Crippen LogP contribution is -2.36. The second kappa shape index (κ2) is 7.75. The third-order valence-corrected chi connectivity index (χ3v) is 6.31. The number of anilines is 1. The van der Waals surface area contributed by atoms with E-state index in [1.165, 1.54) is 48.9 Å². The summed E-state index contributed by atoms with van der Waals surface area (Å²) in [7, 11) is 0. The Morgan fingerprint density at radius 1 is 1.36 bits per heavy atom. The third kappa shape index (κ3) is 4.00. The molecule has 3 rings (SSSR count). The Morgan fingerprint density at radius 3 is 2.95 bits per heavy atom. The fourth-order valence-electron chi connectivity index (χ4n) is 3.65. The van der Waals surface area contributed by atoms with Crippen molar-refractivity contribution in [2.45, 2.75) is 39.0 Å². The van der Waals surface area contributed by atoms with E-state index < -0.39 is 0 Å². The van der Waals surface area contributed by atoms with Crippen molar-refractivity contribution < 1.29 is 4.74 Å². The molecule has 0 spiro atoms. The van der Waals surface area contributed by atoms with Gasteiger partial charge in [0.25, 0.3) is 0 Å². The van der Waals surface area contributed by atoms with Crippen molar-refractivity contribution in [2.24, 2.45) is 5.92 Å². The van der Waals surface area contributed by atoms with Crippen molar-refractivity contribution in [3.8, 4) is 0 Å². The van der Waals surface area contributed by atoms with E-state index >= 15 is 0 Å². The van der Waals surface area contributed by atoms with Crippen LogP contribution in [0, 0.1) is 5.92 Å². The molecule has 0 radical (unpaired) electrons. The van der Waals surface area contributed by atoms with Gasteiger partial charge in [-0.1, -0.05) is 13.8 Å². The highest BCUT2D eigenvalue weighted by Crippen LogP contribution is 2.34. The molecular weight excluding hydrogens is 294 g/mol. The van der Waals surface area contributed by atoms with Gasteiger partial charge < -0.3 is 14.5 Å². The summed E-state index contributed by atoms with van der Waals surface area (Å²) >= 11 is 1.89. The molecule has 0 aromatic carbocycles. The molecule has 2 unspecified atom stereocenters. The summed E-state index contributed by atoms with van der Waals surface area (Å²) < 4.78 is 5.43. The minimum Gasteiger partial charge on any atom is -0.378 e. The summed E-state index contributed by atoms with van der Waals surface area (Å²) in [6, 6.07) is 0. The van der Waals surface area contributed by atoms with Crippen molar-refractivity contribution in [2.75, 3.05) is 50.8 Å². The van der Waals surface area contributed by atoms with Crippen LogP contribution >= 0.6 is 11.3 Å². The fraction of sp³-hybridized carbons (Fsp3) is 0.824. The van der Waals surface area contributed by atoms with Crippen LogP contribution in [0.25, 0.3) is 0 Å². The van der Waals surface area contributed by atoms with Crippen LogP contribution < -0.4 is 4.90 Å². The highest BCUT2D eigenvalue weighted by atomic mass is 32.1. The summed E-state index contributed by atoms with van der Waals surface area (Å²) in [6.45, 7) is 12.1. The van der Waals surface area contributed by atoms with Crippen LogP contribution in [0.3, 0.4) is 0 Å². The molecule has 5 heteroatoms. The number of rotatable bonds is 5. The Kier molecular flexibility index (Phi) is 5.71. The number of thiazole rings is 1. The van der Waals surface area contributed by atoms with Crippen LogP contribution in [0.2, 0.25) is 0 Å². The van der Waals surface area contributed by atoms with Gasteiger partial charge in [0, 0.05) is 30.7 Å². The number of piperidine rings is 1. The Bertz CT molecular complexity index is 459. The van der Waals surface area contributed by atoms with Gasteiger partial charge in [-0.3, -0.25) is 0 Å². The maximum absolute atomic E-state index is 5.43. The molecule has 1 aromatic heterocycles. The van der Waals surface area contributed by atoms with E-state index in [0.29, 0.717) is 5.92 Å². The number of nitrogens with zero attached hydrogens (tertiary/aromatic N) is 3. The van der Waals surface area contributed by atoms with Gasteiger partial charge in [-0.2, -0.15) is 0 Å². The van der Waals surface area contributed by atoms with Crippen molar-refractivity contribution >= 4 is 16.5 Å². The molecule has 4 nitrogen and oxygen atoms in total. The molecular formula is C17H29N3OS. The van der Waals surface area contributed by atoms with Gasteiger partial charge in [0.2, 0.25) is 0 Å². The SMILES string of the molecule is CCN1CCCC(CC(C)c2cnc(N3CCOCC3)s2)C1. The molecule has 2 fully saturated rings. The smallest absolute Gasteiger partial charge is 0.185 e. The van der Waals surface area contributed by atoms with Gasteiger partial charge in [-0.05, 0) is 44.2 Å². The topological polar surface area (TPSA) is 28.6 Å². The minimum atomic E-state index is 0.633. The molecule has 3 heterocycles. The first-order valence-electron chi connectivity index (χ1n) is 8.77. The number of morpholine rings is 1. The van der Waals surface area contributed by atoms with E-state index in [2.05, 4.69) is 34.8 Å². The van der Waals surface area contributed by atoms with Crippen LogP contribution in [-0.4, -0.2) is 55.8 Å². The molecule has 2 aliphatic rings. The highest BCUT2D eigenvalue weighted by Gasteiger charge is 2.23. The quantitative estimate of drug-likeness (QED) is 0.832. The zero-order valence-electron chi connectivity index (χ0n) is 14.0. The number of hydrogen-bond donors (Lipinski definition) is 0. The zero-order chi connectivity index (χ0) is 15.4. The van der Waals surface area contributed by atoms with E-state index in [1.807, 2.05) is 11.3 Å². The van der Waals surface area contributed by atoms with Crippen LogP contribution in [0.4, 0.5) is 5.13 Å². The van der Waals surface area contributed by atoms with E-state index in [4.69, 9.17) is 4.74 Å². The molecule has 0 aliphatic carbocycles. The molecule has 1 aromatic rings. The van der Waals surface area contributed by atoms with Gasteiger partial charge in [-0.15, -0.1) is 11.3 Å². The number of aromatic nitrogens is 1. The Labute approximate surface area is 138 Å². The number of likely N-dealkylation sites (tertiary alicyclic amines) is 1. The van der Waals surface area contributed by atoms with Crippen molar-refractivity contribution in [3.05, 3.63) is 11.1 Å². The molecule has 0 N–H and O–H groups in total. The van der Waals surface area contributed by atoms with Crippen LogP contribution in [0.5, 0.6) is 0 Å². The number of ether oxygens (including phenoxy) is 1. The first-order valence-corrected chi connectivity index (χ1v) is 9.58. The largest absolute Gasteiger partial charge is 0.378 e. The van der Waals surface area contributed by atoms with Crippen LogP contribution in [0.1, 0.15) is 43.9 Å². The Morgan fingerprint density at radius 2 is 2.18 bits per heavy atom. The lowest BCUT2D eigenvalue weighted by molar-refractivity contribution is 0.122. The third-order valence-electron chi connectivity index (χ3n) is 5.02. The predicted octanol–water partition coefficient (Wildman–Crippen LogP) is 3.21.